The second-order valence-corrected chi connectivity index (χ2v) is 10.2. The summed E-state index contributed by atoms with van der Waals surface area (Å²) in [7, 11) is 0. The molecule has 0 aromatic heterocycles. The van der Waals surface area contributed by atoms with Crippen molar-refractivity contribution in [3.05, 3.63) is 34.4 Å². The average Bonchev–Trinajstić information content (AvgIpc) is 2.99. The first kappa shape index (κ1) is 33.7. The van der Waals surface area contributed by atoms with Gasteiger partial charge in [-0.1, -0.05) is 12.1 Å². The summed E-state index contributed by atoms with van der Waals surface area (Å²) in [4.78, 5) is 10.7. The van der Waals surface area contributed by atoms with E-state index in [4.69, 9.17) is 28.4 Å². The monoisotopic (exact) mass is 625 g/mol. The first-order chi connectivity index (χ1) is 20.4. The van der Waals surface area contributed by atoms with Crippen LogP contribution in [0.2, 0.25) is 0 Å². The standard InChI is InChI=1S/C24H35NO18/c26-5-10-13(28)16(31)18(33)22(40-10)38-7-12-15(30)21(43-23-19(34)17(32)14(29)11(6-27)41-23)20(35)24(42-12)39-9-4-2-1-3-8(9)25(36)37/h1-4,10-24,26-35H,5-7H2/t10-,11-,12-,13-,14-,15-,16+,17+,18-,19-,20-,21+,22-,23+,24-/m1/s1. The van der Waals surface area contributed by atoms with Gasteiger partial charge in [-0.2, -0.15) is 0 Å². The zero-order valence-electron chi connectivity index (χ0n) is 22.3. The highest BCUT2D eigenvalue weighted by atomic mass is 16.8. The van der Waals surface area contributed by atoms with Gasteiger partial charge in [0.15, 0.2) is 18.3 Å². The first-order valence-corrected chi connectivity index (χ1v) is 13.2. The summed E-state index contributed by atoms with van der Waals surface area (Å²) in [6, 6.07) is 5.07. The van der Waals surface area contributed by atoms with E-state index in [0.717, 1.165) is 6.07 Å². The van der Waals surface area contributed by atoms with Crippen LogP contribution in [-0.4, -0.2) is 168 Å². The van der Waals surface area contributed by atoms with E-state index in [9.17, 15) is 61.2 Å². The second kappa shape index (κ2) is 14.3. The van der Waals surface area contributed by atoms with Gasteiger partial charge in [0, 0.05) is 6.07 Å². The minimum absolute atomic E-state index is 0.354. The number of para-hydroxylation sites is 2. The van der Waals surface area contributed by atoms with Crippen LogP contribution in [0.3, 0.4) is 0 Å². The molecule has 4 rings (SSSR count). The van der Waals surface area contributed by atoms with Crippen LogP contribution in [0.15, 0.2) is 24.3 Å². The van der Waals surface area contributed by atoms with Gasteiger partial charge in [-0.25, -0.2) is 0 Å². The molecule has 244 valence electrons. The number of benzene rings is 1. The van der Waals surface area contributed by atoms with E-state index < -0.39 is 123 Å². The second-order valence-electron chi connectivity index (χ2n) is 10.2. The SMILES string of the molecule is O=[N+]([O-])c1ccccc1O[C@@H]1O[C@H](CO[C@@H]2O[C@H](CO)[C@@H](O)[C@H](O)[C@H]2O)[C@@H](O)[C@H](O[C@@H]2O[C@H](CO)[C@@H](O)[C@H](O)[C@H]2O)[C@H]1O. The number of ether oxygens (including phenoxy) is 6. The molecule has 0 radical (unpaired) electrons. The molecule has 19 nitrogen and oxygen atoms in total. The Labute approximate surface area is 242 Å². The lowest BCUT2D eigenvalue weighted by molar-refractivity contribution is -0.388. The number of aliphatic hydroxyl groups is 10. The maximum atomic E-state index is 11.5. The number of hydrogen-bond donors (Lipinski definition) is 10. The van der Waals surface area contributed by atoms with Crippen molar-refractivity contribution in [2.45, 2.75) is 92.1 Å². The van der Waals surface area contributed by atoms with Gasteiger partial charge in [0.25, 0.3) is 0 Å². The molecule has 0 amide bonds. The molecule has 0 unspecified atom stereocenters. The zero-order chi connectivity index (χ0) is 31.6. The topological polar surface area (TPSA) is 301 Å². The van der Waals surface area contributed by atoms with Crippen LogP contribution in [0.4, 0.5) is 5.69 Å². The normalized spacial score (nSPS) is 43.7. The van der Waals surface area contributed by atoms with E-state index in [2.05, 4.69) is 0 Å². The van der Waals surface area contributed by atoms with Gasteiger partial charge in [0.2, 0.25) is 6.29 Å². The third-order valence-electron chi connectivity index (χ3n) is 7.36. The summed E-state index contributed by atoms with van der Waals surface area (Å²) in [5.41, 5.74) is -0.509. The zero-order valence-corrected chi connectivity index (χ0v) is 22.3. The summed E-state index contributed by atoms with van der Waals surface area (Å²) < 4.78 is 32.8. The highest BCUT2D eigenvalue weighted by Crippen LogP contribution is 2.34. The van der Waals surface area contributed by atoms with Crippen LogP contribution in [0, 0.1) is 10.1 Å². The van der Waals surface area contributed by atoms with Crippen LogP contribution in [-0.2, 0) is 23.7 Å². The summed E-state index contributed by atoms with van der Waals surface area (Å²) in [5, 5.41) is 113. The minimum atomic E-state index is -1.95. The smallest absolute Gasteiger partial charge is 0.311 e. The summed E-state index contributed by atoms with van der Waals surface area (Å²) in [6.07, 6.45) is -26.0. The van der Waals surface area contributed by atoms with Crippen molar-refractivity contribution < 1.29 is 84.4 Å². The molecule has 15 atom stereocenters. The molecule has 0 spiro atoms. The van der Waals surface area contributed by atoms with E-state index >= 15 is 0 Å². The Kier molecular flexibility index (Phi) is 11.2. The van der Waals surface area contributed by atoms with E-state index in [1.165, 1.54) is 18.2 Å². The molecule has 3 heterocycles. The first-order valence-electron chi connectivity index (χ1n) is 13.2. The lowest BCUT2D eigenvalue weighted by atomic mass is 9.96. The van der Waals surface area contributed by atoms with Gasteiger partial charge in [-0.15, -0.1) is 0 Å². The largest absolute Gasteiger partial charge is 0.455 e. The molecule has 3 fully saturated rings. The highest BCUT2D eigenvalue weighted by molar-refractivity contribution is 5.45. The van der Waals surface area contributed by atoms with Crippen molar-refractivity contribution in [3.8, 4) is 5.75 Å². The molecular weight excluding hydrogens is 590 g/mol. The van der Waals surface area contributed by atoms with Crippen LogP contribution >= 0.6 is 0 Å². The van der Waals surface area contributed by atoms with Gasteiger partial charge in [-0.05, 0) is 6.07 Å². The third-order valence-corrected chi connectivity index (χ3v) is 7.36. The van der Waals surface area contributed by atoms with Gasteiger partial charge < -0.3 is 79.5 Å². The number of rotatable bonds is 10. The molecule has 0 aliphatic carbocycles. The number of aliphatic hydroxyl groups excluding tert-OH is 10. The number of nitro benzene ring substituents is 1. The predicted octanol–water partition coefficient (Wildman–Crippen LogP) is -5.58. The van der Waals surface area contributed by atoms with Gasteiger partial charge in [0.1, 0.15) is 73.2 Å². The maximum absolute atomic E-state index is 11.5. The van der Waals surface area contributed by atoms with Crippen LogP contribution in [0.1, 0.15) is 0 Å². The van der Waals surface area contributed by atoms with Crippen molar-refractivity contribution in [1.29, 1.82) is 0 Å². The summed E-state index contributed by atoms with van der Waals surface area (Å²) >= 11 is 0. The fourth-order valence-electron chi connectivity index (χ4n) is 4.86. The lowest BCUT2D eigenvalue weighted by Crippen LogP contribution is -2.65. The maximum Gasteiger partial charge on any atom is 0.311 e. The summed E-state index contributed by atoms with van der Waals surface area (Å²) in [5.74, 6) is -0.354. The third kappa shape index (κ3) is 7.06. The fraction of sp³-hybridized carbons (Fsp3) is 0.750. The predicted molar refractivity (Wildman–Crippen MR) is 133 cm³/mol. The minimum Gasteiger partial charge on any atom is -0.455 e. The van der Waals surface area contributed by atoms with Crippen molar-refractivity contribution in [3.63, 3.8) is 0 Å². The molecule has 10 N–H and O–H groups in total. The Hall–Kier alpha value is -2.18. The molecule has 19 heteroatoms. The average molecular weight is 626 g/mol. The van der Waals surface area contributed by atoms with Crippen LogP contribution in [0.25, 0.3) is 0 Å². The van der Waals surface area contributed by atoms with E-state index in [1.807, 2.05) is 0 Å². The Morgan fingerprint density at radius 3 is 1.79 bits per heavy atom. The quantitative estimate of drug-likeness (QED) is 0.0856. The molecule has 3 saturated heterocycles. The van der Waals surface area contributed by atoms with E-state index in [0.29, 0.717) is 0 Å². The lowest BCUT2D eigenvalue weighted by Gasteiger charge is -2.46. The van der Waals surface area contributed by atoms with Crippen molar-refractivity contribution in [1.82, 2.24) is 0 Å². The molecule has 3 aliphatic rings. The molecule has 0 bridgehead atoms. The number of nitrogens with zero attached hydrogens (tertiary/aromatic N) is 1. The van der Waals surface area contributed by atoms with Gasteiger partial charge >= 0.3 is 5.69 Å². The molecule has 0 saturated carbocycles. The van der Waals surface area contributed by atoms with Crippen molar-refractivity contribution >= 4 is 5.69 Å². The van der Waals surface area contributed by atoms with Crippen LogP contribution in [0.5, 0.6) is 5.75 Å². The van der Waals surface area contributed by atoms with E-state index in [-0.39, 0.29) is 5.75 Å². The fourth-order valence-corrected chi connectivity index (χ4v) is 4.86. The molecule has 1 aromatic rings. The van der Waals surface area contributed by atoms with Gasteiger partial charge in [0.05, 0.1) is 24.7 Å². The molecule has 43 heavy (non-hydrogen) atoms. The Morgan fingerprint density at radius 1 is 0.674 bits per heavy atom. The summed E-state index contributed by atoms with van der Waals surface area (Å²) in [6.45, 7) is -2.25. The molecule has 3 aliphatic heterocycles. The number of hydrogen-bond acceptors (Lipinski definition) is 18. The van der Waals surface area contributed by atoms with Crippen molar-refractivity contribution in [2.24, 2.45) is 0 Å². The van der Waals surface area contributed by atoms with E-state index in [1.54, 1.807) is 0 Å². The van der Waals surface area contributed by atoms with Crippen LogP contribution < -0.4 is 4.74 Å². The number of nitro groups is 1. The molecular formula is C24H35NO18. The Balaban J connectivity index is 1.57. The Bertz CT molecular complexity index is 1060. The van der Waals surface area contributed by atoms with Gasteiger partial charge in [-0.3, -0.25) is 10.1 Å². The Morgan fingerprint density at radius 2 is 1.21 bits per heavy atom. The molecule has 1 aromatic carbocycles. The van der Waals surface area contributed by atoms with Crippen molar-refractivity contribution in [2.75, 3.05) is 19.8 Å². The highest BCUT2D eigenvalue weighted by Gasteiger charge is 2.52.